The third-order valence-corrected chi connectivity index (χ3v) is 4.13. The van der Waals surface area contributed by atoms with Crippen LogP contribution in [-0.4, -0.2) is 51.9 Å². The Labute approximate surface area is 138 Å². The smallest absolute Gasteiger partial charge is 0.338 e. The van der Waals surface area contributed by atoms with Crippen LogP contribution in [0, 0.1) is 0 Å². The first kappa shape index (κ1) is 16.3. The molecule has 2 aromatic rings. The average Bonchev–Trinajstić information content (AvgIpc) is 3.24. The van der Waals surface area contributed by atoms with Crippen LogP contribution in [-0.2, 0) is 11.3 Å². The summed E-state index contributed by atoms with van der Waals surface area (Å²) in [5.74, 6) is -0.192. The van der Waals surface area contributed by atoms with Gasteiger partial charge in [0.05, 0.1) is 17.8 Å². The first-order valence-corrected chi connectivity index (χ1v) is 7.73. The van der Waals surface area contributed by atoms with Gasteiger partial charge in [-0.25, -0.2) is 4.79 Å². The van der Waals surface area contributed by atoms with Gasteiger partial charge in [0, 0.05) is 26.4 Å². The molecule has 2 aromatic heterocycles. The molecule has 3 rings (SSSR count). The van der Waals surface area contributed by atoms with Crippen LogP contribution in [0.1, 0.15) is 45.6 Å². The molecule has 8 nitrogen and oxygen atoms in total. The lowest BCUT2D eigenvalue weighted by molar-refractivity contribution is 0.0650. The number of aromatic nitrogens is 2. The van der Waals surface area contributed by atoms with E-state index in [9.17, 15) is 9.59 Å². The van der Waals surface area contributed by atoms with Crippen molar-refractivity contribution in [3.63, 3.8) is 0 Å². The molecule has 1 aliphatic rings. The first-order chi connectivity index (χ1) is 11.6. The Bertz CT molecular complexity index is 728. The fourth-order valence-electron chi connectivity index (χ4n) is 2.85. The van der Waals surface area contributed by atoms with Crippen molar-refractivity contribution in [2.45, 2.75) is 25.5 Å². The third-order valence-electron chi connectivity index (χ3n) is 4.13. The number of carbonyl (C=O) groups excluding carboxylic acids is 1. The molecule has 1 N–H and O–H groups in total. The second-order valence-electron chi connectivity index (χ2n) is 5.74. The zero-order chi connectivity index (χ0) is 17.1. The SMILES string of the molecule is COCc1ccc(C(=O)N2CCC(n3cc(C(=O)O)cn3)CC2)o1. The number of carbonyl (C=O) groups is 2. The van der Waals surface area contributed by atoms with Gasteiger partial charge in [0.15, 0.2) is 5.76 Å². The summed E-state index contributed by atoms with van der Waals surface area (Å²) in [5, 5.41) is 13.1. The molecule has 3 heterocycles. The van der Waals surface area contributed by atoms with Crippen LogP contribution in [0.15, 0.2) is 28.9 Å². The van der Waals surface area contributed by atoms with Crippen molar-refractivity contribution in [1.29, 1.82) is 0 Å². The molecular weight excluding hydrogens is 314 g/mol. The maximum Gasteiger partial charge on any atom is 0.338 e. The lowest BCUT2D eigenvalue weighted by Gasteiger charge is -2.31. The summed E-state index contributed by atoms with van der Waals surface area (Å²) in [7, 11) is 1.57. The van der Waals surface area contributed by atoms with E-state index in [1.807, 2.05) is 0 Å². The van der Waals surface area contributed by atoms with Crippen molar-refractivity contribution in [3.8, 4) is 0 Å². The van der Waals surface area contributed by atoms with E-state index in [4.69, 9.17) is 14.3 Å². The fraction of sp³-hybridized carbons (Fsp3) is 0.438. The molecule has 128 valence electrons. The van der Waals surface area contributed by atoms with Crippen molar-refractivity contribution in [1.82, 2.24) is 14.7 Å². The highest BCUT2D eigenvalue weighted by molar-refractivity contribution is 5.91. The summed E-state index contributed by atoms with van der Waals surface area (Å²) in [6.07, 6.45) is 4.32. The minimum Gasteiger partial charge on any atom is -0.478 e. The number of carboxylic acid groups (broad SMARTS) is 1. The molecule has 0 bridgehead atoms. The molecule has 1 aliphatic heterocycles. The van der Waals surface area contributed by atoms with E-state index in [0.29, 0.717) is 31.2 Å². The van der Waals surface area contributed by atoms with Crippen LogP contribution < -0.4 is 0 Å². The lowest BCUT2D eigenvalue weighted by atomic mass is 10.1. The van der Waals surface area contributed by atoms with Crippen LogP contribution in [0.3, 0.4) is 0 Å². The molecule has 0 aromatic carbocycles. The Morgan fingerprint density at radius 3 is 2.75 bits per heavy atom. The maximum atomic E-state index is 12.4. The minimum absolute atomic E-state index is 0.0998. The largest absolute Gasteiger partial charge is 0.478 e. The highest BCUT2D eigenvalue weighted by Gasteiger charge is 2.27. The Morgan fingerprint density at radius 2 is 2.12 bits per heavy atom. The number of amides is 1. The number of likely N-dealkylation sites (tertiary alicyclic amines) is 1. The number of carboxylic acids is 1. The summed E-state index contributed by atoms with van der Waals surface area (Å²) in [6.45, 7) is 1.48. The lowest BCUT2D eigenvalue weighted by Crippen LogP contribution is -2.39. The van der Waals surface area contributed by atoms with Gasteiger partial charge in [0.25, 0.3) is 5.91 Å². The number of piperidine rings is 1. The third kappa shape index (κ3) is 3.33. The topological polar surface area (TPSA) is 97.8 Å². The number of nitrogens with zero attached hydrogens (tertiary/aromatic N) is 3. The molecule has 0 spiro atoms. The maximum absolute atomic E-state index is 12.4. The Balaban J connectivity index is 1.59. The van der Waals surface area contributed by atoms with Crippen molar-refractivity contribution in [3.05, 3.63) is 41.6 Å². The standard InChI is InChI=1S/C16H19N3O5/c1-23-10-13-2-3-14(24-13)15(20)18-6-4-12(5-7-18)19-9-11(8-17-19)16(21)22/h2-3,8-9,12H,4-7,10H2,1H3,(H,21,22). The van der Waals surface area contributed by atoms with Gasteiger partial charge in [-0.2, -0.15) is 5.10 Å². The minimum atomic E-state index is -0.987. The summed E-state index contributed by atoms with van der Waals surface area (Å²) in [4.78, 5) is 25.1. The molecule has 8 heteroatoms. The van der Waals surface area contributed by atoms with E-state index >= 15 is 0 Å². The molecule has 0 radical (unpaired) electrons. The summed E-state index contributed by atoms with van der Waals surface area (Å²) in [6, 6.07) is 3.50. The molecule has 1 amide bonds. The number of hydrogen-bond donors (Lipinski definition) is 1. The van der Waals surface area contributed by atoms with E-state index in [0.717, 1.165) is 12.8 Å². The number of aromatic carboxylic acids is 1. The zero-order valence-corrected chi connectivity index (χ0v) is 13.3. The number of rotatable bonds is 5. The van der Waals surface area contributed by atoms with E-state index in [1.165, 1.54) is 12.4 Å². The quantitative estimate of drug-likeness (QED) is 0.896. The Hall–Kier alpha value is -2.61. The first-order valence-electron chi connectivity index (χ1n) is 7.73. The van der Waals surface area contributed by atoms with Crippen molar-refractivity contribution < 1.29 is 23.8 Å². The van der Waals surface area contributed by atoms with Gasteiger partial charge in [0.2, 0.25) is 0 Å². The normalized spacial score (nSPS) is 15.6. The number of methoxy groups -OCH3 is 1. The highest BCUT2D eigenvalue weighted by Crippen LogP contribution is 2.24. The van der Waals surface area contributed by atoms with Gasteiger partial charge in [-0.3, -0.25) is 9.48 Å². The van der Waals surface area contributed by atoms with Gasteiger partial charge in [-0.15, -0.1) is 0 Å². The monoisotopic (exact) mass is 333 g/mol. The summed E-state index contributed by atoms with van der Waals surface area (Å²) in [5.41, 5.74) is 0.176. The van der Waals surface area contributed by atoms with Gasteiger partial charge in [-0.05, 0) is 25.0 Å². The van der Waals surface area contributed by atoms with Crippen LogP contribution in [0.2, 0.25) is 0 Å². The van der Waals surface area contributed by atoms with Crippen molar-refractivity contribution in [2.75, 3.05) is 20.2 Å². The number of hydrogen-bond acceptors (Lipinski definition) is 5. The van der Waals surface area contributed by atoms with E-state index in [1.54, 1.807) is 28.8 Å². The van der Waals surface area contributed by atoms with Gasteiger partial charge >= 0.3 is 5.97 Å². The molecule has 1 saturated heterocycles. The van der Waals surface area contributed by atoms with Crippen molar-refractivity contribution in [2.24, 2.45) is 0 Å². The second-order valence-corrected chi connectivity index (χ2v) is 5.74. The number of ether oxygens (including phenoxy) is 1. The Kier molecular flexibility index (Phi) is 4.66. The van der Waals surface area contributed by atoms with Crippen LogP contribution in [0.25, 0.3) is 0 Å². The Morgan fingerprint density at radius 1 is 1.38 bits per heavy atom. The van der Waals surface area contributed by atoms with E-state index in [2.05, 4.69) is 5.10 Å². The molecule has 24 heavy (non-hydrogen) atoms. The predicted octanol–water partition coefficient (Wildman–Crippen LogP) is 1.80. The molecule has 0 unspecified atom stereocenters. The molecule has 0 aliphatic carbocycles. The van der Waals surface area contributed by atoms with E-state index in [-0.39, 0.29) is 17.5 Å². The highest BCUT2D eigenvalue weighted by atomic mass is 16.5. The average molecular weight is 333 g/mol. The van der Waals surface area contributed by atoms with Crippen LogP contribution in [0.5, 0.6) is 0 Å². The molecular formula is C16H19N3O5. The van der Waals surface area contributed by atoms with E-state index < -0.39 is 5.97 Å². The molecule has 0 saturated carbocycles. The second kappa shape index (κ2) is 6.88. The van der Waals surface area contributed by atoms with Gasteiger partial charge < -0.3 is 19.2 Å². The van der Waals surface area contributed by atoms with Gasteiger partial charge in [0.1, 0.15) is 12.4 Å². The summed E-state index contributed by atoms with van der Waals surface area (Å²) >= 11 is 0. The van der Waals surface area contributed by atoms with Gasteiger partial charge in [-0.1, -0.05) is 0 Å². The van der Waals surface area contributed by atoms with Crippen LogP contribution >= 0.6 is 0 Å². The number of furan rings is 1. The fourth-order valence-corrected chi connectivity index (χ4v) is 2.85. The molecule has 0 atom stereocenters. The van der Waals surface area contributed by atoms with Crippen molar-refractivity contribution >= 4 is 11.9 Å². The predicted molar refractivity (Wildman–Crippen MR) is 82.8 cm³/mol. The summed E-state index contributed by atoms with van der Waals surface area (Å²) < 4.78 is 12.1. The van der Waals surface area contributed by atoms with Crippen LogP contribution in [0.4, 0.5) is 0 Å². The molecule has 1 fully saturated rings. The zero-order valence-electron chi connectivity index (χ0n) is 13.3.